The number of para-hydroxylation sites is 1. The van der Waals surface area contributed by atoms with Crippen molar-refractivity contribution in [3.8, 4) is 0 Å². The van der Waals surface area contributed by atoms with E-state index in [2.05, 4.69) is 4.98 Å². The molecule has 7 heteroatoms. The van der Waals surface area contributed by atoms with E-state index >= 15 is 0 Å². The molecule has 28 heavy (non-hydrogen) atoms. The Bertz CT molecular complexity index is 1220. The second kappa shape index (κ2) is 6.19. The van der Waals surface area contributed by atoms with Crippen LogP contribution in [-0.4, -0.2) is 29.8 Å². The minimum atomic E-state index is -0.833. The van der Waals surface area contributed by atoms with Crippen molar-refractivity contribution in [2.45, 2.75) is 19.1 Å². The number of oxazole rings is 1. The molecule has 142 valence electrons. The average molecular weight is 379 g/mol. The van der Waals surface area contributed by atoms with Crippen molar-refractivity contribution in [1.29, 1.82) is 0 Å². The number of furan rings is 1. The van der Waals surface area contributed by atoms with Gasteiger partial charge in [0.15, 0.2) is 17.1 Å². The van der Waals surface area contributed by atoms with E-state index in [0.29, 0.717) is 47.4 Å². The standard InChI is InChI=1S/C21H17NO6/c1-21(25-6-7-26-21)11-13-8-15-17(28-20(24)22-15)10-14(13)19(23)18-9-12-4-2-3-5-16(12)27-18/h2-5,8-10H,6-7,11H2,1H3,(H,22,24). The number of ketones is 1. The molecule has 0 aliphatic carbocycles. The molecule has 7 nitrogen and oxygen atoms in total. The largest absolute Gasteiger partial charge is 0.453 e. The number of aromatic amines is 1. The molecule has 0 bridgehead atoms. The van der Waals surface area contributed by atoms with Crippen LogP contribution in [0.5, 0.6) is 0 Å². The molecular formula is C21H17NO6. The third kappa shape index (κ3) is 2.85. The zero-order valence-corrected chi connectivity index (χ0v) is 15.1. The first-order valence-corrected chi connectivity index (χ1v) is 8.98. The first-order chi connectivity index (χ1) is 13.5. The molecule has 5 rings (SSSR count). The zero-order valence-electron chi connectivity index (χ0n) is 15.1. The quantitative estimate of drug-likeness (QED) is 0.546. The molecule has 1 fully saturated rings. The fourth-order valence-electron chi connectivity index (χ4n) is 3.63. The van der Waals surface area contributed by atoms with Crippen molar-refractivity contribution in [3.05, 3.63) is 69.9 Å². The highest BCUT2D eigenvalue weighted by molar-refractivity contribution is 6.11. The summed E-state index contributed by atoms with van der Waals surface area (Å²) < 4.78 is 22.3. The summed E-state index contributed by atoms with van der Waals surface area (Å²) in [5.41, 5.74) is 2.53. The smallest absolute Gasteiger partial charge is 0.417 e. The second-order valence-electron chi connectivity index (χ2n) is 7.01. The Balaban J connectivity index is 1.64. The van der Waals surface area contributed by atoms with E-state index in [1.54, 1.807) is 18.2 Å². The third-order valence-electron chi connectivity index (χ3n) is 4.95. The maximum Gasteiger partial charge on any atom is 0.417 e. The van der Waals surface area contributed by atoms with Gasteiger partial charge in [-0.05, 0) is 36.8 Å². The Morgan fingerprint density at radius 3 is 2.64 bits per heavy atom. The van der Waals surface area contributed by atoms with Crippen LogP contribution in [0.4, 0.5) is 0 Å². The van der Waals surface area contributed by atoms with Gasteiger partial charge in [0, 0.05) is 17.4 Å². The number of H-pyrrole nitrogens is 1. The molecule has 1 saturated heterocycles. The van der Waals surface area contributed by atoms with Gasteiger partial charge in [-0.3, -0.25) is 9.78 Å². The Labute approximate surface area is 158 Å². The molecule has 0 radical (unpaired) electrons. The molecule has 1 aliphatic heterocycles. The summed E-state index contributed by atoms with van der Waals surface area (Å²) in [6.07, 6.45) is 0.345. The van der Waals surface area contributed by atoms with Crippen LogP contribution in [0.2, 0.25) is 0 Å². The average Bonchev–Trinajstić information content (AvgIpc) is 3.37. The lowest BCUT2D eigenvalue weighted by molar-refractivity contribution is -0.140. The van der Waals surface area contributed by atoms with Crippen LogP contribution in [0.3, 0.4) is 0 Å². The van der Waals surface area contributed by atoms with Crippen LogP contribution < -0.4 is 5.76 Å². The minimum Gasteiger partial charge on any atom is -0.453 e. The summed E-state index contributed by atoms with van der Waals surface area (Å²) in [4.78, 5) is 27.5. The van der Waals surface area contributed by atoms with Crippen molar-refractivity contribution in [1.82, 2.24) is 4.98 Å². The number of benzene rings is 2. The van der Waals surface area contributed by atoms with Crippen molar-refractivity contribution < 1.29 is 23.1 Å². The number of nitrogens with one attached hydrogen (secondary N) is 1. The Hall–Kier alpha value is -3.16. The Morgan fingerprint density at radius 2 is 1.86 bits per heavy atom. The van der Waals surface area contributed by atoms with Gasteiger partial charge >= 0.3 is 5.76 Å². The summed E-state index contributed by atoms with van der Waals surface area (Å²) >= 11 is 0. The van der Waals surface area contributed by atoms with Gasteiger partial charge in [-0.15, -0.1) is 0 Å². The highest BCUT2D eigenvalue weighted by Crippen LogP contribution is 2.30. The molecule has 1 N–H and O–H groups in total. The fraction of sp³-hybridized carbons (Fsp3) is 0.238. The number of aromatic nitrogens is 1. The monoisotopic (exact) mass is 379 g/mol. The predicted molar refractivity (Wildman–Crippen MR) is 100 cm³/mol. The molecule has 0 atom stereocenters. The van der Waals surface area contributed by atoms with E-state index in [9.17, 15) is 9.59 Å². The second-order valence-corrected chi connectivity index (χ2v) is 7.01. The van der Waals surface area contributed by atoms with Crippen molar-refractivity contribution in [3.63, 3.8) is 0 Å². The SMILES string of the molecule is CC1(Cc2cc3[nH]c(=O)oc3cc2C(=O)c2cc3ccccc3o2)OCCO1. The van der Waals surface area contributed by atoms with E-state index in [1.807, 2.05) is 31.2 Å². The van der Waals surface area contributed by atoms with Crippen LogP contribution in [0, 0.1) is 0 Å². The fourth-order valence-corrected chi connectivity index (χ4v) is 3.63. The minimum absolute atomic E-state index is 0.220. The van der Waals surface area contributed by atoms with Gasteiger partial charge in [-0.25, -0.2) is 4.79 Å². The number of ether oxygens (including phenoxy) is 2. The van der Waals surface area contributed by atoms with Crippen LogP contribution in [0.1, 0.15) is 28.6 Å². The maximum absolute atomic E-state index is 13.3. The van der Waals surface area contributed by atoms with E-state index in [1.165, 1.54) is 0 Å². The van der Waals surface area contributed by atoms with E-state index in [-0.39, 0.29) is 11.5 Å². The van der Waals surface area contributed by atoms with Gasteiger partial charge in [0.05, 0.1) is 18.7 Å². The molecule has 2 aromatic heterocycles. The molecule has 0 spiro atoms. The van der Waals surface area contributed by atoms with Gasteiger partial charge < -0.3 is 18.3 Å². The highest BCUT2D eigenvalue weighted by atomic mass is 16.7. The van der Waals surface area contributed by atoms with Crippen LogP contribution >= 0.6 is 0 Å². The van der Waals surface area contributed by atoms with Crippen LogP contribution in [0.25, 0.3) is 22.1 Å². The van der Waals surface area contributed by atoms with Crippen molar-refractivity contribution in [2.24, 2.45) is 0 Å². The van der Waals surface area contributed by atoms with Gasteiger partial charge in [0.2, 0.25) is 5.78 Å². The first kappa shape index (κ1) is 17.0. The summed E-state index contributed by atoms with van der Waals surface area (Å²) in [6, 6.07) is 12.4. The summed E-state index contributed by atoms with van der Waals surface area (Å²) in [5, 5.41) is 0.844. The van der Waals surface area contributed by atoms with Crippen LogP contribution in [-0.2, 0) is 15.9 Å². The van der Waals surface area contributed by atoms with Gasteiger partial charge in [0.25, 0.3) is 0 Å². The number of carbonyl (C=O) groups excluding carboxylic acids is 1. The van der Waals surface area contributed by atoms with E-state index in [4.69, 9.17) is 18.3 Å². The van der Waals surface area contributed by atoms with Crippen LogP contribution in [0.15, 0.2) is 56.1 Å². The van der Waals surface area contributed by atoms with Gasteiger partial charge in [-0.1, -0.05) is 18.2 Å². The lowest BCUT2D eigenvalue weighted by Gasteiger charge is -2.23. The van der Waals surface area contributed by atoms with Crippen molar-refractivity contribution in [2.75, 3.05) is 13.2 Å². The van der Waals surface area contributed by atoms with Gasteiger partial charge in [0.1, 0.15) is 5.58 Å². The molecule has 0 amide bonds. The molecule has 3 heterocycles. The molecule has 0 saturated carbocycles. The zero-order chi connectivity index (χ0) is 19.3. The lowest BCUT2D eigenvalue weighted by Crippen LogP contribution is -2.29. The number of hydrogen-bond donors (Lipinski definition) is 1. The molecule has 0 unspecified atom stereocenters. The van der Waals surface area contributed by atoms with Gasteiger partial charge in [-0.2, -0.15) is 0 Å². The molecule has 2 aromatic carbocycles. The maximum atomic E-state index is 13.3. The number of hydrogen-bond acceptors (Lipinski definition) is 6. The first-order valence-electron chi connectivity index (χ1n) is 8.98. The third-order valence-corrected chi connectivity index (χ3v) is 4.95. The predicted octanol–water partition coefficient (Wildman–Crippen LogP) is 3.40. The Kier molecular flexibility index (Phi) is 3.75. The Morgan fingerprint density at radius 1 is 1.07 bits per heavy atom. The number of carbonyl (C=O) groups is 1. The number of rotatable bonds is 4. The van der Waals surface area contributed by atoms with Crippen molar-refractivity contribution >= 4 is 27.9 Å². The normalized spacial score (nSPS) is 16.2. The number of fused-ring (bicyclic) bond motifs is 2. The molecule has 4 aromatic rings. The highest BCUT2D eigenvalue weighted by Gasteiger charge is 2.33. The summed E-state index contributed by atoms with van der Waals surface area (Å²) in [6.45, 7) is 2.82. The lowest BCUT2D eigenvalue weighted by atomic mass is 9.95. The molecule has 1 aliphatic rings. The molecular weight excluding hydrogens is 362 g/mol. The summed E-state index contributed by atoms with van der Waals surface area (Å²) in [5.74, 6) is -1.48. The van der Waals surface area contributed by atoms with E-state index in [0.717, 1.165) is 5.39 Å². The summed E-state index contributed by atoms with van der Waals surface area (Å²) in [7, 11) is 0. The van der Waals surface area contributed by atoms with E-state index < -0.39 is 11.5 Å². The topological polar surface area (TPSA) is 94.7 Å².